The molecule has 0 spiro atoms. The molecule has 14 nitrogen and oxygen atoms in total. The molecule has 0 aliphatic heterocycles. The van der Waals surface area contributed by atoms with Gasteiger partial charge < -0.3 is 19.4 Å². The van der Waals surface area contributed by atoms with Crippen LogP contribution < -0.4 is 14.2 Å². The maximum atomic E-state index is 14.7. The third-order valence-electron chi connectivity index (χ3n) is 7.53. The molecular weight excluding hydrogens is 799 g/mol. The van der Waals surface area contributed by atoms with Crippen molar-refractivity contribution in [2.24, 2.45) is 11.8 Å². The lowest BCUT2D eigenvalue weighted by Crippen LogP contribution is -2.31. The Morgan fingerprint density at radius 3 is 1.91 bits per heavy atom. The number of carbonyl (C=O) groups excluding carboxylic acids is 2. The van der Waals surface area contributed by atoms with E-state index in [-0.39, 0.29) is 63.2 Å². The van der Waals surface area contributed by atoms with Crippen LogP contribution in [0.25, 0.3) is 22.5 Å². The number of rotatable bonds is 15. The second kappa shape index (κ2) is 17.8. The summed E-state index contributed by atoms with van der Waals surface area (Å²) < 4.78 is 72.8. The fourth-order valence-corrected chi connectivity index (χ4v) is 6.21. The van der Waals surface area contributed by atoms with E-state index in [1.165, 1.54) is 36.5 Å². The molecule has 1 unspecified atom stereocenters. The molecule has 0 bridgehead atoms. The highest BCUT2D eigenvalue weighted by molar-refractivity contribution is 7.90. The molecule has 0 fully saturated rings. The summed E-state index contributed by atoms with van der Waals surface area (Å²) in [5, 5.41) is 8.09. The van der Waals surface area contributed by atoms with Crippen molar-refractivity contribution in [3.8, 4) is 34.0 Å². The Morgan fingerprint density at radius 2 is 1.38 bits per heavy atom. The Labute approximate surface area is 329 Å². The van der Waals surface area contributed by atoms with Crippen LogP contribution in [-0.4, -0.2) is 65.2 Å². The van der Waals surface area contributed by atoms with Crippen molar-refractivity contribution < 1.29 is 51.1 Å². The molecule has 3 heterocycles. The molecule has 0 aliphatic carbocycles. The Bertz CT molecular complexity index is 2420. The molecule has 0 aliphatic rings. The molecular formula is C37H32Cl2F2N5O9S+. The van der Waals surface area contributed by atoms with Crippen molar-refractivity contribution in [1.82, 2.24) is 19.7 Å². The van der Waals surface area contributed by atoms with Gasteiger partial charge in [0.1, 0.15) is 23.1 Å². The van der Waals surface area contributed by atoms with Gasteiger partial charge in [-0.25, -0.2) is 18.3 Å². The van der Waals surface area contributed by atoms with Crippen LogP contribution in [-0.2, 0) is 14.8 Å². The zero-order chi connectivity index (χ0) is 40.7. The summed E-state index contributed by atoms with van der Waals surface area (Å²) in [6, 6.07) is 13.7. The molecule has 2 aromatic carbocycles. The molecule has 1 amide bonds. The van der Waals surface area contributed by atoms with Crippen LogP contribution in [0.2, 0.25) is 10.0 Å². The molecule has 56 heavy (non-hydrogen) atoms. The van der Waals surface area contributed by atoms with E-state index in [9.17, 15) is 31.7 Å². The normalized spacial score (nSPS) is 11.9. The number of hydrogen-bond acceptors (Lipinski definition) is 11. The van der Waals surface area contributed by atoms with Crippen molar-refractivity contribution in [1.29, 1.82) is 0 Å². The smallest absolute Gasteiger partial charge is 0.409 e. The molecule has 1 atom stereocenters. The second-order valence-electron chi connectivity index (χ2n) is 12.7. The maximum absolute atomic E-state index is 14.7. The van der Waals surface area contributed by atoms with Crippen molar-refractivity contribution >= 4 is 50.9 Å². The quantitative estimate of drug-likeness (QED) is 0.0778. The number of hydrogen-bond donors (Lipinski definition) is 2. The fraction of sp³-hybridized carbons (Fsp3) is 0.216. The summed E-state index contributed by atoms with van der Waals surface area (Å²) >= 11 is 12.7. The van der Waals surface area contributed by atoms with Crippen LogP contribution in [0, 0.1) is 28.4 Å². The van der Waals surface area contributed by atoms with Gasteiger partial charge in [-0.3, -0.25) is 14.8 Å². The standard InChI is InChI=1S/C37H31Cl2F2N5O9S/c1-20(2)17-53-26-9-22(7-24(40)11-26)33-14-31(39)29(16-43-33)37(48)55-19-21(3)18-54-27-10-23(8-25(41)12-27)32-13-30(38)28(15-42-32)36(47)45-56(51,52)35-6-4-5-34(44-35)46(49)50/h4-16,20-21H,17-19H2,1-3H3,(H-,45,47,49,50)/p+1. The number of pyridine rings is 3. The highest BCUT2D eigenvalue weighted by Gasteiger charge is 2.28. The first kappa shape index (κ1) is 41.4. The topological polar surface area (TPSA) is 187 Å². The van der Waals surface area contributed by atoms with E-state index in [1.54, 1.807) is 17.7 Å². The van der Waals surface area contributed by atoms with E-state index in [4.69, 9.17) is 42.6 Å². The highest BCUT2D eigenvalue weighted by Crippen LogP contribution is 2.30. The number of benzene rings is 2. The molecule has 0 radical (unpaired) electrons. The summed E-state index contributed by atoms with van der Waals surface area (Å²) in [7, 11) is -4.60. The van der Waals surface area contributed by atoms with Gasteiger partial charge in [0.15, 0.2) is 4.92 Å². The molecule has 0 saturated carbocycles. The second-order valence-corrected chi connectivity index (χ2v) is 15.2. The number of halogens is 4. The first-order valence-electron chi connectivity index (χ1n) is 16.5. The zero-order valence-electron chi connectivity index (χ0n) is 29.7. The van der Waals surface area contributed by atoms with Crippen LogP contribution in [0.3, 0.4) is 0 Å². The summed E-state index contributed by atoms with van der Waals surface area (Å²) in [6.45, 7) is 5.95. The van der Waals surface area contributed by atoms with Gasteiger partial charge in [0.05, 0.1) is 52.4 Å². The number of esters is 1. The molecule has 292 valence electrons. The number of ether oxygens (including phenoxy) is 3. The molecule has 3 aromatic heterocycles. The van der Waals surface area contributed by atoms with E-state index in [0.717, 1.165) is 36.5 Å². The average Bonchev–Trinajstić information content (AvgIpc) is 3.14. The lowest BCUT2D eigenvalue weighted by Gasteiger charge is -2.15. The number of sulfonamides is 1. The van der Waals surface area contributed by atoms with Crippen LogP contribution in [0.4, 0.5) is 14.6 Å². The minimum atomic E-state index is -4.60. The largest absolute Gasteiger partial charge is 0.493 e. The maximum Gasteiger partial charge on any atom is 0.409 e. The average molecular weight is 832 g/mol. The lowest BCUT2D eigenvalue weighted by atomic mass is 10.1. The first-order valence-corrected chi connectivity index (χ1v) is 18.8. The fourth-order valence-electron chi connectivity index (χ4n) is 4.82. The molecule has 2 N–H and O–H groups in total. The van der Waals surface area contributed by atoms with Crippen LogP contribution >= 0.6 is 23.2 Å². The Hall–Kier alpha value is -5.78. The number of amides is 1. The van der Waals surface area contributed by atoms with Gasteiger partial charge in [-0.05, 0) is 58.3 Å². The number of aromatic nitrogens is 3. The zero-order valence-corrected chi connectivity index (χ0v) is 32.0. The van der Waals surface area contributed by atoms with E-state index in [2.05, 4.69) is 15.0 Å². The third kappa shape index (κ3) is 10.7. The van der Waals surface area contributed by atoms with Crippen molar-refractivity contribution in [3.05, 3.63) is 117 Å². The van der Waals surface area contributed by atoms with Crippen molar-refractivity contribution in [3.63, 3.8) is 0 Å². The van der Waals surface area contributed by atoms with Gasteiger partial charge in [-0.2, -0.15) is 8.42 Å². The molecule has 5 rings (SSSR count). The van der Waals surface area contributed by atoms with E-state index in [1.807, 2.05) is 13.8 Å². The summed E-state index contributed by atoms with van der Waals surface area (Å²) in [6.07, 6.45) is 2.22. The minimum absolute atomic E-state index is 0.00738. The van der Waals surface area contributed by atoms with Crippen LogP contribution in [0.1, 0.15) is 41.5 Å². The van der Waals surface area contributed by atoms with Gasteiger partial charge in [-0.15, -0.1) is 0 Å². The summed E-state index contributed by atoms with van der Waals surface area (Å²) in [5.41, 5.74) is 0.688. The number of nitrogens with zero attached hydrogens (tertiary/aromatic N) is 4. The Kier molecular flexibility index (Phi) is 13.1. The highest BCUT2D eigenvalue weighted by atomic mass is 35.5. The van der Waals surface area contributed by atoms with E-state index in [0.29, 0.717) is 23.6 Å². The monoisotopic (exact) mass is 830 g/mol. The van der Waals surface area contributed by atoms with Gasteiger partial charge in [0, 0.05) is 53.7 Å². The molecule has 5 aromatic rings. The van der Waals surface area contributed by atoms with E-state index < -0.39 is 49.3 Å². The van der Waals surface area contributed by atoms with Gasteiger partial charge in [0.2, 0.25) is 0 Å². The molecule has 0 saturated heterocycles. The van der Waals surface area contributed by atoms with Crippen LogP contribution in [0.5, 0.6) is 11.5 Å². The predicted molar refractivity (Wildman–Crippen MR) is 199 cm³/mol. The van der Waals surface area contributed by atoms with Crippen molar-refractivity contribution in [2.45, 2.75) is 25.8 Å². The van der Waals surface area contributed by atoms with Gasteiger partial charge >= 0.3 is 21.8 Å². The van der Waals surface area contributed by atoms with Crippen molar-refractivity contribution in [2.75, 3.05) is 19.8 Å². The first-order chi connectivity index (χ1) is 26.5. The Balaban J connectivity index is 1.18. The summed E-state index contributed by atoms with van der Waals surface area (Å²) in [5.74, 6) is -3.50. The molecule has 19 heteroatoms. The predicted octanol–water partition coefficient (Wildman–Crippen LogP) is 7.62. The van der Waals surface area contributed by atoms with Gasteiger partial charge in [0.25, 0.3) is 10.9 Å². The number of nitrogens with one attached hydrogen (secondary N) is 1. The minimum Gasteiger partial charge on any atom is -0.493 e. The third-order valence-corrected chi connectivity index (χ3v) is 9.39. The summed E-state index contributed by atoms with van der Waals surface area (Å²) in [4.78, 5) is 48.0. The SMILES string of the molecule is CC(C)COc1cc(F)cc(-c2cc(Cl)c(C(=O)OCC(C)COc3cc(F)cc(-c4cc(Cl)c(C(=O)NS(=O)(=O)c5cccc([N+](=O)O)n5)cn4)c3)cn2)c1. The lowest BCUT2D eigenvalue weighted by molar-refractivity contribution is -0.732. The Morgan fingerprint density at radius 1 is 0.821 bits per heavy atom. The van der Waals surface area contributed by atoms with Crippen LogP contribution in [0.15, 0.2) is 84.1 Å². The van der Waals surface area contributed by atoms with Gasteiger partial charge in [-0.1, -0.05) is 44.0 Å². The number of carbonyl (C=O) groups is 2. The van der Waals surface area contributed by atoms with E-state index >= 15 is 0 Å².